The molecule has 2 rings (SSSR count). The molecule has 1 aromatic carbocycles. The number of hydrogen-bond acceptors (Lipinski definition) is 1. The molecule has 0 radical (unpaired) electrons. The quantitative estimate of drug-likeness (QED) is 0.812. The summed E-state index contributed by atoms with van der Waals surface area (Å²) in [5.74, 6) is -0.278. The molecular weight excluding hydrogens is 231 g/mol. The molecule has 98 valence electrons. The highest BCUT2D eigenvalue weighted by Crippen LogP contribution is 2.17. The zero-order valence-corrected chi connectivity index (χ0v) is 10.7. The second kappa shape index (κ2) is 5.85. The van der Waals surface area contributed by atoms with Crippen LogP contribution in [0.15, 0.2) is 18.2 Å². The monoisotopic (exact) mass is 250 g/mol. The number of nitrogens with zero attached hydrogens (tertiary/aromatic N) is 1. The second-order valence-corrected chi connectivity index (χ2v) is 4.79. The van der Waals surface area contributed by atoms with E-state index in [-0.39, 0.29) is 11.8 Å². The van der Waals surface area contributed by atoms with E-state index in [0.29, 0.717) is 5.69 Å². The number of hydrogen-bond donors (Lipinski definition) is 1. The Morgan fingerprint density at radius 1 is 1.22 bits per heavy atom. The largest absolute Gasteiger partial charge is 0.325 e. The first-order chi connectivity index (χ1) is 8.66. The van der Waals surface area contributed by atoms with Crippen LogP contribution in [0.5, 0.6) is 0 Å². The third-order valence-corrected chi connectivity index (χ3v) is 3.32. The summed E-state index contributed by atoms with van der Waals surface area (Å²) in [4.78, 5) is 13.9. The first-order valence-electron chi connectivity index (χ1n) is 6.49. The Kier molecular flexibility index (Phi) is 4.18. The molecule has 1 fully saturated rings. The molecule has 1 N–H and O–H groups in total. The number of urea groups is 1. The molecule has 0 bridgehead atoms. The van der Waals surface area contributed by atoms with Crippen molar-refractivity contribution in [2.24, 2.45) is 0 Å². The molecule has 3 nitrogen and oxygen atoms in total. The molecule has 1 aliphatic heterocycles. The first kappa shape index (κ1) is 12.9. The van der Waals surface area contributed by atoms with E-state index in [9.17, 15) is 9.18 Å². The fourth-order valence-corrected chi connectivity index (χ4v) is 2.24. The van der Waals surface area contributed by atoms with Gasteiger partial charge in [-0.25, -0.2) is 9.18 Å². The number of anilines is 1. The van der Waals surface area contributed by atoms with Crippen LogP contribution in [0.1, 0.15) is 31.2 Å². The van der Waals surface area contributed by atoms with Crippen LogP contribution in [0.2, 0.25) is 0 Å². The number of carbonyl (C=O) groups excluding carboxylic acids is 1. The molecule has 0 spiro atoms. The summed E-state index contributed by atoms with van der Waals surface area (Å²) in [6.07, 6.45) is 4.52. The Labute approximate surface area is 107 Å². The van der Waals surface area contributed by atoms with Crippen LogP contribution in [-0.2, 0) is 0 Å². The molecule has 1 saturated heterocycles. The van der Waals surface area contributed by atoms with Gasteiger partial charge >= 0.3 is 6.03 Å². The van der Waals surface area contributed by atoms with Crippen molar-refractivity contribution in [3.63, 3.8) is 0 Å². The number of benzene rings is 1. The Balaban J connectivity index is 2.01. The minimum atomic E-state index is -0.278. The molecule has 2 amide bonds. The number of aryl methyl sites for hydroxylation is 1. The molecule has 1 aliphatic rings. The van der Waals surface area contributed by atoms with E-state index in [1.807, 2.05) is 4.90 Å². The summed E-state index contributed by atoms with van der Waals surface area (Å²) in [7, 11) is 0. The Morgan fingerprint density at radius 2 is 1.89 bits per heavy atom. The van der Waals surface area contributed by atoms with Crippen LogP contribution in [0.3, 0.4) is 0 Å². The molecule has 1 aromatic rings. The van der Waals surface area contributed by atoms with Crippen LogP contribution >= 0.6 is 0 Å². The van der Waals surface area contributed by atoms with Crippen molar-refractivity contribution in [1.82, 2.24) is 4.90 Å². The highest BCUT2D eigenvalue weighted by molar-refractivity contribution is 5.90. The van der Waals surface area contributed by atoms with Crippen LogP contribution < -0.4 is 5.32 Å². The molecule has 0 aromatic heterocycles. The van der Waals surface area contributed by atoms with Crippen LogP contribution in [-0.4, -0.2) is 24.0 Å². The van der Waals surface area contributed by atoms with Crippen molar-refractivity contribution in [1.29, 1.82) is 0 Å². The van der Waals surface area contributed by atoms with Gasteiger partial charge in [-0.15, -0.1) is 0 Å². The Morgan fingerprint density at radius 3 is 2.50 bits per heavy atom. The molecule has 0 saturated carbocycles. The molecule has 0 atom stereocenters. The first-order valence-corrected chi connectivity index (χ1v) is 6.49. The Hall–Kier alpha value is -1.58. The molecule has 18 heavy (non-hydrogen) atoms. The topological polar surface area (TPSA) is 32.3 Å². The van der Waals surface area contributed by atoms with E-state index < -0.39 is 0 Å². The minimum Gasteiger partial charge on any atom is -0.325 e. The highest BCUT2D eigenvalue weighted by Gasteiger charge is 2.15. The van der Waals surface area contributed by atoms with Crippen molar-refractivity contribution in [3.8, 4) is 0 Å². The van der Waals surface area contributed by atoms with Crippen molar-refractivity contribution >= 4 is 11.7 Å². The number of rotatable bonds is 1. The van der Waals surface area contributed by atoms with Gasteiger partial charge in [-0.3, -0.25) is 0 Å². The van der Waals surface area contributed by atoms with E-state index in [1.165, 1.54) is 25.0 Å². The summed E-state index contributed by atoms with van der Waals surface area (Å²) in [5.41, 5.74) is 1.43. The predicted molar refractivity (Wildman–Crippen MR) is 70.2 cm³/mol. The summed E-state index contributed by atoms with van der Waals surface area (Å²) in [6, 6.07) is 4.33. The highest BCUT2D eigenvalue weighted by atomic mass is 19.1. The van der Waals surface area contributed by atoms with Gasteiger partial charge in [0.05, 0.1) is 0 Å². The molecule has 1 heterocycles. The van der Waals surface area contributed by atoms with E-state index in [0.717, 1.165) is 31.5 Å². The minimum absolute atomic E-state index is 0.0772. The molecule has 0 unspecified atom stereocenters. The lowest BCUT2D eigenvalue weighted by molar-refractivity contribution is 0.213. The van der Waals surface area contributed by atoms with E-state index in [2.05, 4.69) is 5.32 Å². The van der Waals surface area contributed by atoms with Gasteiger partial charge in [-0.2, -0.15) is 0 Å². The van der Waals surface area contributed by atoms with Crippen molar-refractivity contribution < 1.29 is 9.18 Å². The van der Waals surface area contributed by atoms with E-state index in [1.54, 1.807) is 13.0 Å². The van der Waals surface area contributed by atoms with Crippen molar-refractivity contribution in [3.05, 3.63) is 29.6 Å². The Bertz CT molecular complexity index is 426. The lowest BCUT2D eigenvalue weighted by atomic mass is 10.2. The number of likely N-dealkylation sites (tertiary alicyclic amines) is 1. The lowest BCUT2D eigenvalue weighted by Gasteiger charge is -2.21. The van der Waals surface area contributed by atoms with Crippen molar-refractivity contribution in [2.75, 3.05) is 18.4 Å². The zero-order valence-electron chi connectivity index (χ0n) is 10.7. The second-order valence-electron chi connectivity index (χ2n) is 4.79. The van der Waals surface area contributed by atoms with Crippen LogP contribution in [0, 0.1) is 12.7 Å². The summed E-state index contributed by atoms with van der Waals surface area (Å²) in [6.45, 7) is 3.42. The normalized spacial score (nSPS) is 16.2. The van der Waals surface area contributed by atoms with Crippen LogP contribution in [0.4, 0.5) is 14.9 Å². The van der Waals surface area contributed by atoms with Gasteiger partial charge in [0.2, 0.25) is 0 Å². The molecule has 4 heteroatoms. The van der Waals surface area contributed by atoms with E-state index >= 15 is 0 Å². The molecular formula is C14H19FN2O. The zero-order chi connectivity index (χ0) is 13.0. The number of amides is 2. The van der Waals surface area contributed by atoms with Gasteiger partial charge in [0.15, 0.2) is 0 Å². The third-order valence-electron chi connectivity index (χ3n) is 3.32. The van der Waals surface area contributed by atoms with Crippen molar-refractivity contribution in [2.45, 2.75) is 32.6 Å². The maximum absolute atomic E-state index is 13.0. The average molecular weight is 250 g/mol. The SMILES string of the molecule is Cc1cc(F)ccc1NC(=O)N1CCCCCC1. The fraction of sp³-hybridized carbons (Fsp3) is 0.500. The van der Waals surface area contributed by atoms with Gasteiger partial charge in [-0.05, 0) is 43.5 Å². The van der Waals surface area contributed by atoms with E-state index in [4.69, 9.17) is 0 Å². The van der Waals surface area contributed by atoms with Gasteiger partial charge in [-0.1, -0.05) is 12.8 Å². The smallest absolute Gasteiger partial charge is 0.321 e. The van der Waals surface area contributed by atoms with Crippen LogP contribution in [0.25, 0.3) is 0 Å². The summed E-state index contributed by atoms with van der Waals surface area (Å²) in [5, 5.41) is 2.86. The van der Waals surface area contributed by atoms with Gasteiger partial charge in [0.1, 0.15) is 5.82 Å². The number of halogens is 1. The molecule has 0 aliphatic carbocycles. The van der Waals surface area contributed by atoms with Gasteiger partial charge in [0, 0.05) is 18.8 Å². The predicted octanol–water partition coefficient (Wildman–Crippen LogP) is 3.54. The average Bonchev–Trinajstić information content (AvgIpc) is 2.61. The summed E-state index contributed by atoms with van der Waals surface area (Å²) >= 11 is 0. The maximum atomic E-state index is 13.0. The number of carbonyl (C=O) groups is 1. The third kappa shape index (κ3) is 3.22. The maximum Gasteiger partial charge on any atom is 0.321 e. The van der Waals surface area contributed by atoms with Gasteiger partial charge < -0.3 is 10.2 Å². The number of nitrogens with one attached hydrogen (secondary N) is 1. The standard InChI is InChI=1S/C14H19FN2O/c1-11-10-12(15)6-7-13(11)16-14(18)17-8-4-2-3-5-9-17/h6-7,10H,2-5,8-9H2,1H3,(H,16,18). The van der Waals surface area contributed by atoms with Gasteiger partial charge in [0.25, 0.3) is 0 Å². The summed E-state index contributed by atoms with van der Waals surface area (Å²) < 4.78 is 13.0. The lowest BCUT2D eigenvalue weighted by Crippen LogP contribution is -2.35. The fourth-order valence-electron chi connectivity index (χ4n) is 2.24.